The molecular weight excluding hydrogens is 376 g/mol. The molecule has 21 heavy (non-hydrogen) atoms. The smallest absolute Gasteiger partial charge is 0.250 e. The minimum absolute atomic E-state index is 0.180. The van der Waals surface area contributed by atoms with Crippen molar-refractivity contribution < 1.29 is 4.79 Å². The van der Waals surface area contributed by atoms with Crippen molar-refractivity contribution in [3.05, 3.63) is 51.7 Å². The average Bonchev–Trinajstić information content (AvgIpc) is 2.49. The van der Waals surface area contributed by atoms with Gasteiger partial charge in [-0.2, -0.15) is 5.10 Å². The number of aromatic nitrogens is 2. The van der Waals surface area contributed by atoms with E-state index in [1.54, 1.807) is 6.21 Å². The zero-order valence-corrected chi connectivity index (χ0v) is 13.8. The van der Waals surface area contributed by atoms with Gasteiger partial charge in [0.05, 0.1) is 29.4 Å². The van der Waals surface area contributed by atoms with Gasteiger partial charge in [-0.25, -0.2) is 15.4 Å². The largest absolute Gasteiger partial charge is 0.272 e. The van der Waals surface area contributed by atoms with Gasteiger partial charge in [-0.05, 0) is 17.7 Å². The highest BCUT2D eigenvalue weighted by Gasteiger charge is 2.03. The third kappa shape index (κ3) is 5.82. The summed E-state index contributed by atoms with van der Waals surface area (Å²) in [5.74, 6) is -0.0498. The average molecular weight is 386 g/mol. The lowest BCUT2D eigenvalue weighted by atomic mass is 10.2. The van der Waals surface area contributed by atoms with Crippen LogP contribution >= 0.6 is 39.3 Å². The second kappa shape index (κ2) is 8.11. The summed E-state index contributed by atoms with van der Waals surface area (Å²) in [6.45, 7) is 0. The zero-order chi connectivity index (χ0) is 15.1. The Morgan fingerprint density at radius 1 is 1.33 bits per heavy atom. The normalized spacial score (nSPS) is 10.8. The van der Waals surface area contributed by atoms with Gasteiger partial charge in [0, 0.05) is 4.47 Å². The molecule has 0 atom stereocenters. The predicted molar refractivity (Wildman–Crippen MR) is 87.6 cm³/mol. The maximum atomic E-state index is 11.6. The summed E-state index contributed by atoms with van der Waals surface area (Å²) in [4.78, 5) is 19.6. The van der Waals surface area contributed by atoms with Gasteiger partial charge in [-0.3, -0.25) is 4.79 Å². The molecule has 1 heterocycles. The van der Waals surface area contributed by atoms with E-state index in [0.29, 0.717) is 10.2 Å². The number of carbonyl (C=O) groups excluding carboxylic acids is 1. The molecule has 1 N–H and O–H groups in total. The van der Waals surface area contributed by atoms with Crippen LogP contribution in [0.15, 0.2) is 51.4 Å². The first-order chi connectivity index (χ1) is 10.1. The van der Waals surface area contributed by atoms with Gasteiger partial charge in [0.2, 0.25) is 0 Å². The van der Waals surface area contributed by atoms with Crippen molar-refractivity contribution in [2.75, 3.05) is 5.75 Å². The molecular formula is C13H10BrClN4OS. The maximum Gasteiger partial charge on any atom is 0.250 e. The molecule has 1 aromatic carbocycles. The molecule has 1 aromatic heterocycles. The number of nitrogens with zero attached hydrogens (tertiary/aromatic N) is 3. The quantitative estimate of drug-likeness (QED) is 0.372. The standard InChI is InChI=1S/C13H10BrClN4OS/c14-10-3-1-9(2-4-10)5-18-19-12(20)8-21-13-16-6-11(15)7-17-13/h1-7H,8H2,(H,19,20)/b18-5-. The van der Waals surface area contributed by atoms with E-state index in [4.69, 9.17) is 11.6 Å². The summed E-state index contributed by atoms with van der Waals surface area (Å²) < 4.78 is 0.989. The predicted octanol–water partition coefficient (Wildman–Crippen LogP) is 3.13. The minimum atomic E-state index is -0.230. The Morgan fingerprint density at radius 3 is 2.67 bits per heavy atom. The first kappa shape index (κ1) is 15.9. The fourth-order valence-electron chi connectivity index (χ4n) is 1.26. The molecule has 1 amide bonds. The second-order valence-electron chi connectivity index (χ2n) is 3.82. The van der Waals surface area contributed by atoms with E-state index in [2.05, 4.69) is 36.4 Å². The second-order valence-corrected chi connectivity index (χ2v) is 6.11. The van der Waals surface area contributed by atoms with Gasteiger partial charge < -0.3 is 0 Å². The van der Waals surface area contributed by atoms with E-state index >= 15 is 0 Å². The number of hydrogen-bond acceptors (Lipinski definition) is 5. The summed E-state index contributed by atoms with van der Waals surface area (Å²) >= 11 is 10.2. The Morgan fingerprint density at radius 2 is 2.00 bits per heavy atom. The van der Waals surface area contributed by atoms with Crippen molar-refractivity contribution >= 4 is 51.4 Å². The van der Waals surface area contributed by atoms with Crippen LogP contribution in [0.25, 0.3) is 0 Å². The van der Waals surface area contributed by atoms with Crippen LogP contribution in [-0.4, -0.2) is 27.8 Å². The monoisotopic (exact) mass is 384 g/mol. The van der Waals surface area contributed by atoms with Crippen LogP contribution in [0.3, 0.4) is 0 Å². The number of rotatable bonds is 5. The van der Waals surface area contributed by atoms with Crippen molar-refractivity contribution in [2.24, 2.45) is 5.10 Å². The van der Waals surface area contributed by atoms with Gasteiger partial charge in [-0.1, -0.05) is 51.4 Å². The SMILES string of the molecule is O=C(CSc1ncc(Cl)cn1)N/N=C\c1ccc(Br)cc1. The number of carbonyl (C=O) groups is 1. The molecule has 0 saturated carbocycles. The summed E-state index contributed by atoms with van der Waals surface area (Å²) in [5, 5.41) is 4.84. The number of thioether (sulfide) groups is 1. The first-order valence-electron chi connectivity index (χ1n) is 5.81. The molecule has 8 heteroatoms. The number of amides is 1. The van der Waals surface area contributed by atoms with E-state index in [0.717, 1.165) is 10.0 Å². The number of benzene rings is 1. The maximum absolute atomic E-state index is 11.6. The van der Waals surface area contributed by atoms with E-state index in [9.17, 15) is 4.79 Å². The van der Waals surface area contributed by atoms with Crippen LogP contribution in [0, 0.1) is 0 Å². The van der Waals surface area contributed by atoms with E-state index in [1.807, 2.05) is 24.3 Å². The van der Waals surface area contributed by atoms with Crippen LogP contribution in [0.2, 0.25) is 5.02 Å². The topological polar surface area (TPSA) is 67.2 Å². The molecule has 0 aliphatic carbocycles. The third-order valence-corrected chi connectivity index (χ3v) is 3.80. The van der Waals surface area contributed by atoms with Gasteiger partial charge in [-0.15, -0.1) is 0 Å². The van der Waals surface area contributed by atoms with Crippen molar-refractivity contribution in [1.29, 1.82) is 0 Å². The fourth-order valence-corrected chi connectivity index (χ4v) is 2.21. The van der Waals surface area contributed by atoms with E-state index in [1.165, 1.54) is 24.2 Å². The molecule has 0 aliphatic heterocycles. The van der Waals surface area contributed by atoms with Crippen molar-refractivity contribution in [3.8, 4) is 0 Å². The molecule has 0 spiro atoms. The summed E-state index contributed by atoms with van der Waals surface area (Å²) in [6.07, 6.45) is 4.55. The Bertz CT molecular complexity index is 634. The first-order valence-corrected chi connectivity index (χ1v) is 7.97. The molecule has 108 valence electrons. The number of hydrazone groups is 1. The number of hydrogen-bond donors (Lipinski definition) is 1. The highest BCUT2D eigenvalue weighted by molar-refractivity contribution is 9.10. The van der Waals surface area contributed by atoms with Gasteiger partial charge in [0.15, 0.2) is 5.16 Å². The lowest BCUT2D eigenvalue weighted by Gasteiger charge is -1.99. The van der Waals surface area contributed by atoms with E-state index in [-0.39, 0.29) is 11.7 Å². The fraction of sp³-hybridized carbons (Fsp3) is 0.0769. The van der Waals surface area contributed by atoms with Crippen LogP contribution < -0.4 is 5.43 Å². The van der Waals surface area contributed by atoms with Gasteiger partial charge in [0.25, 0.3) is 5.91 Å². The molecule has 0 saturated heterocycles. The van der Waals surface area contributed by atoms with Crippen molar-refractivity contribution in [3.63, 3.8) is 0 Å². The van der Waals surface area contributed by atoms with Crippen LogP contribution in [0.5, 0.6) is 0 Å². The minimum Gasteiger partial charge on any atom is -0.272 e. The molecule has 0 fully saturated rings. The highest BCUT2D eigenvalue weighted by atomic mass is 79.9. The molecule has 0 aliphatic rings. The molecule has 5 nitrogen and oxygen atoms in total. The Balaban J connectivity index is 1.77. The molecule has 2 aromatic rings. The molecule has 2 rings (SSSR count). The molecule has 0 bridgehead atoms. The summed E-state index contributed by atoms with van der Waals surface area (Å²) in [6, 6.07) is 7.57. The van der Waals surface area contributed by atoms with E-state index < -0.39 is 0 Å². The summed E-state index contributed by atoms with van der Waals surface area (Å²) in [7, 11) is 0. The zero-order valence-electron chi connectivity index (χ0n) is 10.7. The van der Waals surface area contributed by atoms with Crippen molar-refractivity contribution in [1.82, 2.24) is 15.4 Å². The molecule has 0 radical (unpaired) electrons. The number of nitrogens with one attached hydrogen (secondary N) is 1. The van der Waals surface area contributed by atoms with Crippen LogP contribution in [-0.2, 0) is 4.79 Å². The lowest BCUT2D eigenvalue weighted by molar-refractivity contribution is -0.118. The Labute approximate surface area is 139 Å². The Kier molecular flexibility index (Phi) is 6.16. The van der Waals surface area contributed by atoms with Gasteiger partial charge >= 0.3 is 0 Å². The van der Waals surface area contributed by atoms with Gasteiger partial charge in [0.1, 0.15) is 0 Å². The van der Waals surface area contributed by atoms with Crippen LogP contribution in [0.4, 0.5) is 0 Å². The van der Waals surface area contributed by atoms with Crippen LogP contribution in [0.1, 0.15) is 5.56 Å². The number of halogens is 2. The Hall–Kier alpha value is -1.44. The highest BCUT2D eigenvalue weighted by Crippen LogP contribution is 2.13. The van der Waals surface area contributed by atoms with Crippen molar-refractivity contribution in [2.45, 2.75) is 5.16 Å². The summed E-state index contributed by atoms with van der Waals surface area (Å²) in [5.41, 5.74) is 3.34. The lowest BCUT2D eigenvalue weighted by Crippen LogP contribution is -2.19. The molecule has 0 unspecified atom stereocenters. The third-order valence-electron chi connectivity index (χ3n) is 2.20.